The zero-order chi connectivity index (χ0) is 25.3. The molecule has 0 aliphatic heterocycles. The molecule has 3 amide bonds. The molecule has 0 saturated heterocycles. The van der Waals surface area contributed by atoms with E-state index in [4.69, 9.17) is 34.8 Å². The number of rotatable bonds is 6. The third-order valence-corrected chi connectivity index (χ3v) is 6.40. The highest BCUT2D eigenvalue weighted by atomic mass is 35.5. The van der Waals surface area contributed by atoms with Gasteiger partial charge >= 0.3 is 0 Å². The second kappa shape index (κ2) is 9.81. The summed E-state index contributed by atoms with van der Waals surface area (Å²) in [6.07, 6.45) is 0.301. The van der Waals surface area contributed by atoms with Gasteiger partial charge in [0.05, 0.1) is 22.2 Å². The summed E-state index contributed by atoms with van der Waals surface area (Å²) >= 11 is 17.9. The molecule has 6 nitrogen and oxygen atoms in total. The number of amides is 3. The molecule has 0 bridgehead atoms. The van der Waals surface area contributed by atoms with Crippen molar-refractivity contribution >= 4 is 69.6 Å². The third-order valence-electron chi connectivity index (χ3n) is 5.23. The predicted octanol–water partition coefficient (Wildman–Crippen LogP) is 6.26. The van der Waals surface area contributed by atoms with E-state index in [2.05, 4.69) is 16.0 Å². The molecule has 0 aromatic heterocycles. The third kappa shape index (κ3) is 5.56. The minimum Gasteiger partial charge on any atom is -0.326 e. The Hall–Kier alpha value is -3.20. The summed E-state index contributed by atoms with van der Waals surface area (Å²) in [5.74, 6) is -4.78. The van der Waals surface area contributed by atoms with Gasteiger partial charge in [0.25, 0.3) is 11.8 Å². The molecule has 0 unspecified atom stereocenters. The predicted molar refractivity (Wildman–Crippen MR) is 131 cm³/mol. The van der Waals surface area contributed by atoms with Crippen LogP contribution >= 0.6 is 34.8 Å². The Labute approximate surface area is 213 Å². The zero-order valence-electron chi connectivity index (χ0n) is 17.7. The SMILES string of the molecule is O=C(Nc1c(F)ccc(NC(=O)c2cc(NC(=O)[C@H]3CC3(Cl)Cl)ccc2Cl)c1F)c1ccccc1. The first-order chi connectivity index (χ1) is 16.6. The van der Waals surface area contributed by atoms with Gasteiger partial charge in [0, 0.05) is 11.3 Å². The summed E-state index contributed by atoms with van der Waals surface area (Å²) in [4.78, 5) is 37.4. The van der Waals surface area contributed by atoms with E-state index in [1.165, 1.54) is 30.3 Å². The molecule has 1 aliphatic rings. The van der Waals surface area contributed by atoms with Crippen LogP contribution < -0.4 is 16.0 Å². The van der Waals surface area contributed by atoms with Crippen LogP contribution in [0.4, 0.5) is 25.8 Å². The Morgan fingerprint density at radius 2 is 1.57 bits per heavy atom. The molecule has 0 spiro atoms. The van der Waals surface area contributed by atoms with Crippen molar-refractivity contribution in [2.24, 2.45) is 5.92 Å². The number of carbonyl (C=O) groups excluding carboxylic acids is 3. The van der Waals surface area contributed by atoms with Gasteiger partial charge in [-0.15, -0.1) is 23.2 Å². The van der Waals surface area contributed by atoms with Gasteiger partial charge in [0.15, 0.2) is 5.82 Å². The van der Waals surface area contributed by atoms with Gasteiger partial charge in [0.1, 0.15) is 15.8 Å². The molecule has 11 heteroatoms. The summed E-state index contributed by atoms with van der Waals surface area (Å²) in [5.41, 5.74) is -0.757. The molecule has 0 heterocycles. The Bertz CT molecular complexity index is 1340. The minimum absolute atomic E-state index is 0.0241. The standard InChI is InChI=1S/C24H16Cl3F2N3O3/c25-16-7-6-13(30-23(35)15-11-24(15,26)27)10-14(16)22(34)31-18-9-8-17(28)20(19(18)29)32-21(33)12-4-2-1-3-5-12/h1-10,15H,11H2,(H,30,35)(H,31,34)(H,32,33)/t15-/m1/s1. The Balaban J connectivity index is 1.52. The number of carbonyl (C=O) groups is 3. The van der Waals surface area contributed by atoms with Gasteiger partial charge < -0.3 is 16.0 Å². The summed E-state index contributed by atoms with van der Waals surface area (Å²) in [5, 5.41) is 7.10. The number of benzene rings is 3. The Morgan fingerprint density at radius 3 is 2.23 bits per heavy atom. The van der Waals surface area contributed by atoms with Gasteiger partial charge in [-0.3, -0.25) is 14.4 Å². The van der Waals surface area contributed by atoms with Crippen molar-refractivity contribution in [2.45, 2.75) is 10.8 Å². The average Bonchev–Trinajstić information content (AvgIpc) is 3.48. The van der Waals surface area contributed by atoms with Crippen LogP contribution in [0.15, 0.2) is 60.7 Å². The van der Waals surface area contributed by atoms with Gasteiger partial charge in [-0.1, -0.05) is 29.8 Å². The quantitative estimate of drug-likeness (QED) is 0.324. The highest BCUT2D eigenvalue weighted by Gasteiger charge is 2.56. The monoisotopic (exact) mass is 537 g/mol. The molecule has 180 valence electrons. The van der Waals surface area contributed by atoms with E-state index in [0.717, 1.165) is 12.1 Å². The number of nitrogens with one attached hydrogen (secondary N) is 3. The number of hydrogen-bond donors (Lipinski definition) is 3. The summed E-state index contributed by atoms with van der Waals surface area (Å²) < 4.78 is 28.2. The molecule has 35 heavy (non-hydrogen) atoms. The van der Waals surface area contributed by atoms with Crippen LogP contribution in [0.25, 0.3) is 0 Å². The van der Waals surface area contributed by atoms with E-state index >= 15 is 4.39 Å². The Kier molecular flexibility index (Phi) is 6.98. The van der Waals surface area contributed by atoms with Gasteiger partial charge in [-0.25, -0.2) is 8.78 Å². The van der Waals surface area contributed by atoms with E-state index in [9.17, 15) is 18.8 Å². The zero-order valence-corrected chi connectivity index (χ0v) is 19.9. The van der Waals surface area contributed by atoms with Crippen LogP contribution in [0.3, 0.4) is 0 Å². The maximum Gasteiger partial charge on any atom is 0.257 e. The smallest absolute Gasteiger partial charge is 0.257 e. The van der Waals surface area contributed by atoms with Crippen molar-refractivity contribution in [3.63, 3.8) is 0 Å². The number of alkyl halides is 2. The number of halogens is 5. The first-order valence-electron chi connectivity index (χ1n) is 10.2. The second-order valence-electron chi connectivity index (χ2n) is 7.76. The lowest BCUT2D eigenvalue weighted by molar-refractivity contribution is -0.117. The van der Waals surface area contributed by atoms with Crippen LogP contribution in [-0.4, -0.2) is 22.1 Å². The summed E-state index contributed by atoms with van der Waals surface area (Å²) in [6.45, 7) is 0. The van der Waals surface area contributed by atoms with Crippen LogP contribution in [0.2, 0.25) is 5.02 Å². The lowest BCUT2D eigenvalue weighted by Crippen LogP contribution is -2.19. The molecule has 0 radical (unpaired) electrons. The number of anilines is 3. The highest BCUT2D eigenvalue weighted by molar-refractivity contribution is 6.52. The molecule has 3 aromatic carbocycles. The lowest BCUT2D eigenvalue weighted by atomic mass is 10.1. The molecular weight excluding hydrogens is 523 g/mol. The van der Waals surface area contributed by atoms with Gasteiger partial charge in [-0.2, -0.15) is 0 Å². The van der Waals surface area contributed by atoms with E-state index in [0.29, 0.717) is 6.42 Å². The largest absolute Gasteiger partial charge is 0.326 e. The van der Waals surface area contributed by atoms with Crippen molar-refractivity contribution in [2.75, 3.05) is 16.0 Å². The van der Waals surface area contributed by atoms with E-state index < -0.39 is 51.0 Å². The van der Waals surface area contributed by atoms with Crippen molar-refractivity contribution in [3.8, 4) is 0 Å². The maximum atomic E-state index is 15.0. The van der Waals surface area contributed by atoms with E-state index in [1.54, 1.807) is 18.2 Å². The molecule has 1 saturated carbocycles. The summed E-state index contributed by atoms with van der Waals surface area (Å²) in [6, 6.07) is 13.9. The van der Waals surface area contributed by atoms with Crippen LogP contribution in [0.5, 0.6) is 0 Å². The molecule has 4 rings (SSSR count). The minimum atomic E-state index is -1.18. The Morgan fingerprint density at radius 1 is 0.886 bits per heavy atom. The second-order valence-corrected chi connectivity index (χ2v) is 9.71. The highest BCUT2D eigenvalue weighted by Crippen LogP contribution is 2.53. The summed E-state index contributed by atoms with van der Waals surface area (Å²) in [7, 11) is 0. The molecule has 1 atom stereocenters. The van der Waals surface area contributed by atoms with Crippen LogP contribution in [0, 0.1) is 17.6 Å². The van der Waals surface area contributed by atoms with Gasteiger partial charge in [0.2, 0.25) is 5.91 Å². The molecule has 1 fully saturated rings. The lowest BCUT2D eigenvalue weighted by Gasteiger charge is -2.13. The van der Waals surface area contributed by atoms with Gasteiger partial charge in [-0.05, 0) is 48.9 Å². The maximum absolute atomic E-state index is 15.0. The molecule has 1 aliphatic carbocycles. The van der Waals surface area contributed by atoms with Crippen molar-refractivity contribution in [1.29, 1.82) is 0 Å². The van der Waals surface area contributed by atoms with E-state index in [1.807, 2.05) is 0 Å². The molecular formula is C24H16Cl3F2N3O3. The molecule has 3 aromatic rings. The van der Waals surface area contributed by atoms with Crippen LogP contribution in [-0.2, 0) is 4.79 Å². The fraction of sp³-hybridized carbons (Fsp3) is 0.125. The van der Waals surface area contributed by atoms with Crippen molar-refractivity contribution in [3.05, 3.63) is 88.4 Å². The first kappa shape index (κ1) is 24.9. The van der Waals surface area contributed by atoms with Crippen molar-refractivity contribution in [1.82, 2.24) is 0 Å². The van der Waals surface area contributed by atoms with Crippen LogP contribution in [0.1, 0.15) is 27.1 Å². The van der Waals surface area contributed by atoms with E-state index in [-0.39, 0.29) is 21.8 Å². The van der Waals surface area contributed by atoms with Crippen molar-refractivity contribution < 1.29 is 23.2 Å². The average molecular weight is 539 g/mol. The number of hydrogen-bond acceptors (Lipinski definition) is 3. The topological polar surface area (TPSA) is 87.3 Å². The normalized spacial score (nSPS) is 15.7. The molecule has 3 N–H and O–H groups in total. The fourth-order valence-electron chi connectivity index (χ4n) is 3.23. The first-order valence-corrected chi connectivity index (χ1v) is 11.3. The fourth-order valence-corrected chi connectivity index (χ4v) is 3.94.